The normalized spacial score (nSPS) is 12.2. The lowest BCUT2D eigenvalue weighted by molar-refractivity contribution is 0.0403. The summed E-state index contributed by atoms with van der Waals surface area (Å²) in [6.45, 7) is 1.40. The molecule has 1 unspecified atom stereocenters. The summed E-state index contributed by atoms with van der Waals surface area (Å²) in [5.41, 5.74) is 0.331. The van der Waals surface area contributed by atoms with E-state index in [1.54, 1.807) is 18.2 Å². The summed E-state index contributed by atoms with van der Waals surface area (Å²) in [5.74, 6) is -3.04. The van der Waals surface area contributed by atoms with Gasteiger partial charge in [0.1, 0.15) is 11.9 Å². The standard InChI is InChI=1S/C16H13F3O2/c1-10(21-9-12-4-2-3-5-13(12)17)16(20)11-6-7-14(18)15(19)8-11/h2-8,10H,9H2,1H3. The number of carbonyl (C=O) groups excluding carboxylic acids is 1. The SMILES string of the molecule is CC(OCc1ccccc1F)C(=O)c1ccc(F)c(F)c1. The number of halogens is 3. The Balaban J connectivity index is 2.03. The Labute approximate surface area is 120 Å². The van der Waals surface area contributed by atoms with Gasteiger partial charge >= 0.3 is 0 Å². The van der Waals surface area contributed by atoms with Crippen molar-refractivity contribution >= 4 is 5.78 Å². The van der Waals surface area contributed by atoms with Gasteiger partial charge in [-0.15, -0.1) is 0 Å². The minimum absolute atomic E-state index is 0.00920. The Bertz CT molecular complexity index is 656. The lowest BCUT2D eigenvalue weighted by Crippen LogP contribution is -2.21. The highest BCUT2D eigenvalue weighted by Gasteiger charge is 2.18. The molecule has 2 aromatic rings. The van der Waals surface area contributed by atoms with Crippen LogP contribution in [0, 0.1) is 17.5 Å². The van der Waals surface area contributed by atoms with E-state index in [2.05, 4.69) is 0 Å². The van der Waals surface area contributed by atoms with Crippen LogP contribution >= 0.6 is 0 Å². The minimum atomic E-state index is -1.10. The molecule has 0 heterocycles. The predicted octanol–water partition coefficient (Wildman–Crippen LogP) is 3.89. The number of Topliss-reactive ketones (excluding diaryl/α,β-unsaturated/α-hetero) is 1. The molecule has 0 aromatic heterocycles. The fraction of sp³-hybridized carbons (Fsp3) is 0.188. The summed E-state index contributed by atoms with van der Waals surface area (Å²) >= 11 is 0. The molecule has 21 heavy (non-hydrogen) atoms. The number of ketones is 1. The summed E-state index contributed by atoms with van der Waals surface area (Å²) < 4.78 is 44.6. The Morgan fingerprint density at radius 2 is 1.76 bits per heavy atom. The van der Waals surface area contributed by atoms with Crippen molar-refractivity contribution in [2.75, 3.05) is 0 Å². The van der Waals surface area contributed by atoms with Gasteiger partial charge in [-0.25, -0.2) is 13.2 Å². The van der Waals surface area contributed by atoms with Crippen LogP contribution in [0.15, 0.2) is 42.5 Å². The molecule has 0 spiro atoms. The summed E-state index contributed by atoms with van der Waals surface area (Å²) in [4.78, 5) is 12.0. The van der Waals surface area contributed by atoms with E-state index in [0.717, 1.165) is 12.1 Å². The zero-order valence-corrected chi connectivity index (χ0v) is 11.3. The van der Waals surface area contributed by atoms with Gasteiger partial charge in [0.05, 0.1) is 6.61 Å². The topological polar surface area (TPSA) is 26.3 Å². The van der Waals surface area contributed by atoms with Crippen molar-refractivity contribution in [2.24, 2.45) is 0 Å². The average molecular weight is 294 g/mol. The predicted molar refractivity (Wildman–Crippen MR) is 71.3 cm³/mol. The first-order valence-electron chi connectivity index (χ1n) is 6.33. The van der Waals surface area contributed by atoms with Crippen molar-refractivity contribution in [1.82, 2.24) is 0 Å². The maximum atomic E-state index is 13.4. The first-order valence-corrected chi connectivity index (χ1v) is 6.33. The molecule has 0 bridgehead atoms. The van der Waals surface area contributed by atoms with Gasteiger partial charge in [0.15, 0.2) is 17.4 Å². The van der Waals surface area contributed by atoms with Gasteiger partial charge in [0.25, 0.3) is 0 Å². The molecule has 0 aliphatic heterocycles. The number of hydrogen-bond donors (Lipinski definition) is 0. The van der Waals surface area contributed by atoms with Crippen LogP contribution in [0.2, 0.25) is 0 Å². The van der Waals surface area contributed by atoms with E-state index >= 15 is 0 Å². The number of ether oxygens (including phenoxy) is 1. The van der Waals surface area contributed by atoms with Gasteiger partial charge in [0.2, 0.25) is 0 Å². The van der Waals surface area contributed by atoms with Gasteiger partial charge in [0, 0.05) is 11.1 Å². The van der Waals surface area contributed by atoms with E-state index in [1.807, 2.05) is 0 Å². The molecular formula is C16H13F3O2. The molecule has 0 saturated heterocycles. The molecule has 2 nitrogen and oxygen atoms in total. The van der Waals surface area contributed by atoms with E-state index in [0.29, 0.717) is 5.56 Å². The summed E-state index contributed by atoms with van der Waals surface area (Å²) in [6, 6.07) is 8.93. The zero-order valence-electron chi connectivity index (χ0n) is 11.3. The summed E-state index contributed by atoms with van der Waals surface area (Å²) in [5, 5.41) is 0. The van der Waals surface area contributed by atoms with Crippen LogP contribution in [-0.2, 0) is 11.3 Å². The van der Waals surface area contributed by atoms with E-state index in [4.69, 9.17) is 4.74 Å². The highest BCUT2D eigenvalue weighted by atomic mass is 19.2. The van der Waals surface area contributed by atoms with Crippen LogP contribution in [0.5, 0.6) is 0 Å². The first-order chi connectivity index (χ1) is 9.99. The quantitative estimate of drug-likeness (QED) is 0.782. The molecule has 0 aliphatic rings. The summed E-state index contributed by atoms with van der Waals surface area (Å²) in [6.07, 6.45) is -0.894. The second-order valence-corrected chi connectivity index (χ2v) is 4.54. The van der Waals surface area contributed by atoms with E-state index < -0.39 is 29.3 Å². The van der Waals surface area contributed by atoms with E-state index in [9.17, 15) is 18.0 Å². The zero-order chi connectivity index (χ0) is 15.4. The van der Waals surface area contributed by atoms with Crippen LogP contribution in [0.25, 0.3) is 0 Å². The van der Waals surface area contributed by atoms with Gasteiger partial charge in [-0.3, -0.25) is 4.79 Å². The molecular weight excluding hydrogens is 281 g/mol. The molecule has 0 saturated carbocycles. The van der Waals surface area contributed by atoms with Crippen molar-refractivity contribution in [3.63, 3.8) is 0 Å². The van der Waals surface area contributed by atoms with Crippen molar-refractivity contribution in [2.45, 2.75) is 19.6 Å². The monoisotopic (exact) mass is 294 g/mol. The fourth-order valence-corrected chi connectivity index (χ4v) is 1.79. The van der Waals surface area contributed by atoms with Crippen molar-refractivity contribution in [3.05, 3.63) is 71.0 Å². The van der Waals surface area contributed by atoms with Gasteiger partial charge in [-0.2, -0.15) is 0 Å². The number of hydrogen-bond acceptors (Lipinski definition) is 2. The summed E-state index contributed by atoms with van der Waals surface area (Å²) in [7, 11) is 0. The lowest BCUT2D eigenvalue weighted by Gasteiger charge is -2.12. The van der Waals surface area contributed by atoms with Gasteiger partial charge < -0.3 is 4.74 Å². The van der Waals surface area contributed by atoms with E-state index in [-0.39, 0.29) is 12.2 Å². The van der Waals surface area contributed by atoms with Gasteiger partial charge in [-0.05, 0) is 31.2 Å². The average Bonchev–Trinajstić information content (AvgIpc) is 2.48. The molecule has 0 aliphatic carbocycles. The smallest absolute Gasteiger partial charge is 0.191 e. The van der Waals surface area contributed by atoms with Crippen molar-refractivity contribution < 1.29 is 22.7 Å². The van der Waals surface area contributed by atoms with E-state index in [1.165, 1.54) is 19.1 Å². The molecule has 0 N–H and O–H groups in total. The third kappa shape index (κ3) is 3.70. The molecule has 2 rings (SSSR count). The minimum Gasteiger partial charge on any atom is -0.366 e. The molecule has 1 atom stereocenters. The Morgan fingerprint density at radius 3 is 2.43 bits per heavy atom. The largest absolute Gasteiger partial charge is 0.366 e. The third-order valence-electron chi connectivity index (χ3n) is 3.02. The fourth-order valence-electron chi connectivity index (χ4n) is 1.79. The Morgan fingerprint density at radius 1 is 1.05 bits per heavy atom. The maximum Gasteiger partial charge on any atom is 0.191 e. The van der Waals surface area contributed by atoms with Crippen LogP contribution in [0.3, 0.4) is 0 Å². The molecule has 5 heteroatoms. The van der Waals surface area contributed by atoms with Crippen LogP contribution < -0.4 is 0 Å². The molecule has 0 fully saturated rings. The number of rotatable bonds is 5. The highest BCUT2D eigenvalue weighted by molar-refractivity contribution is 5.99. The third-order valence-corrected chi connectivity index (χ3v) is 3.02. The number of carbonyl (C=O) groups is 1. The van der Waals surface area contributed by atoms with Crippen molar-refractivity contribution in [1.29, 1.82) is 0 Å². The second-order valence-electron chi connectivity index (χ2n) is 4.54. The highest BCUT2D eigenvalue weighted by Crippen LogP contribution is 2.14. The maximum absolute atomic E-state index is 13.4. The van der Waals surface area contributed by atoms with Crippen molar-refractivity contribution in [3.8, 4) is 0 Å². The van der Waals surface area contributed by atoms with Crippen LogP contribution in [-0.4, -0.2) is 11.9 Å². The Hall–Kier alpha value is -2.14. The van der Waals surface area contributed by atoms with Crippen LogP contribution in [0.4, 0.5) is 13.2 Å². The molecule has 2 aromatic carbocycles. The van der Waals surface area contributed by atoms with Gasteiger partial charge in [-0.1, -0.05) is 18.2 Å². The Kier molecular flexibility index (Phi) is 4.75. The molecule has 0 amide bonds. The lowest BCUT2D eigenvalue weighted by atomic mass is 10.1. The molecule has 0 radical (unpaired) electrons. The number of benzene rings is 2. The van der Waals surface area contributed by atoms with Crippen LogP contribution in [0.1, 0.15) is 22.8 Å². The molecule has 110 valence electrons. The first kappa shape index (κ1) is 15.3. The second kappa shape index (κ2) is 6.54.